The largest absolute Gasteiger partial charge is 0.355 e. The fraction of sp³-hybridized carbons (Fsp3) is 0.765. The van der Waals surface area contributed by atoms with Gasteiger partial charge < -0.3 is 10.6 Å². The van der Waals surface area contributed by atoms with Crippen molar-refractivity contribution in [3.8, 4) is 0 Å². The van der Waals surface area contributed by atoms with Gasteiger partial charge in [0.25, 0.3) is 0 Å². The van der Waals surface area contributed by atoms with Gasteiger partial charge in [-0.3, -0.25) is 9.89 Å². The summed E-state index contributed by atoms with van der Waals surface area (Å²) in [6, 6.07) is 0.533. The number of likely N-dealkylation sites (tertiary alicyclic amines) is 1. The van der Waals surface area contributed by atoms with Crippen LogP contribution in [0.15, 0.2) is 4.99 Å². The number of aliphatic imine (C=N–C) groups is 1. The van der Waals surface area contributed by atoms with Gasteiger partial charge in [-0.1, -0.05) is 6.92 Å². The summed E-state index contributed by atoms with van der Waals surface area (Å²) in [4.78, 5) is 12.7. The first-order valence-corrected chi connectivity index (χ1v) is 9.42. The summed E-state index contributed by atoms with van der Waals surface area (Å²) >= 11 is 1.75. The first-order chi connectivity index (χ1) is 11.0. The average Bonchev–Trinajstić information content (AvgIpc) is 2.86. The number of aryl methyl sites for hydroxylation is 2. The minimum atomic E-state index is 0. The molecule has 1 fully saturated rings. The Bertz CT molecular complexity index is 504. The molecule has 0 spiro atoms. The van der Waals surface area contributed by atoms with Gasteiger partial charge >= 0.3 is 0 Å². The van der Waals surface area contributed by atoms with Gasteiger partial charge in [-0.05, 0) is 52.6 Å². The van der Waals surface area contributed by atoms with Crippen molar-refractivity contribution in [3.63, 3.8) is 0 Å². The van der Waals surface area contributed by atoms with Crippen molar-refractivity contribution in [3.05, 3.63) is 15.6 Å². The van der Waals surface area contributed by atoms with E-state index in [1.165, 1.54) is 30.8 Å². The zero-order chi connectivity index (χ0) is 16.8. The van der Waals surface area contributed by atoms with Crippen LogP contribution in [0.2, 0.25) is 0 Å². The van der Waals surface area contributed by atoms with Gasteiger partial charge in [0.05, 0.1) is 12.2 Å². The van der Waals surface area contributed by atoms with Crippen LogP contribution in [0.1, 0.15) is 42.3 Å². The Balaban J connectivity index is 0.00000288. The lowest BCUT2D eigenvalue weighted by molar-refractivity contribution is 0.147. The zero-order valence-electron chi connectivity index (χ0n) is 15.6. The molecule has 1 atom stereocenters. The molecule has 1 unspecified atom stereocenters. The molecular formula is C17H32IN5S. The number of nitrogens with one attached hydrogen (secondary N) is 2. The van der Waals surface area contributed by atoms with Crippen molar-refractivity contribution >= 4 is 41.3 Å². The van der Waals surface area contributed by atoms with Gasteiger partial charge in [-0.2, -0.15) is 0 Å². The fourth-order valence-electron chi connectivity index (χ4n) is 2.84. The van der Waals surface area contributed by atoms with Gasteiger partial charge in [0, 0.05) is 24.5 Å². The molecule has 24 heavy (non-hydrogen) atoms. The molecule has 1 aromatic heterocycles. The highest BCUT2D eigenvalue weighted by Crippen LogP contribution is 2.18. The van der Waals surface area contributed by atoms with Crippen LogP contribution in [0.5, 0.6) is 0 Å². The molecule has 1 saturated heterocycles. The average molecular weight is 465 g/mol. The van der Waals surface area contributed by atoms with Gasteiger partial charge in [0.1, 0.15) is 5.01 Å². The highest BCUT2D eigenvalue weighted by Gasteiger charge is 2.20. The summed E-state index contributed by atoms with van der Waals surface area (Å²) < 4.78 is 0. The first-order valence-electron chi connectivity index (χ1n) is 8.61. The van der Waals surface area contributed by atoms with Crippen molar-refractivity contribution in [2.24, 2.45) is 10.9 Å². The van der Waals surface area contributed by atoms with Gasteiger partial charge in [-0.15, -0.1) is 35.3 Å². The molecule has 0 aliphatic carbocycles. The molecule has 7 heteroatoms. The molecule has 2 heterocycles. The summed E-state index contributed by atoms with van der Waals surface area (Å²) in [5.74, 6) is 1.73. The molecule has 0 amide bonds. The maximum absolute atomic E-state index is 4.56. The van der Waals surface area contributed by atoms with Crippen LogP contribution >= 0.6 is 35.3 Å². The Morgan fingerprint density at radius 3 is 2.54 bits per heavy atom. The van der Waals surface area contributed by atoms with Crippen LogP contribution in [0.3, 0.4) is 0 Å². The third-order valence-corrected chi connectivity index (χ3v) is 5.78. The van der Waals surface area contributed by atoms with Crippen molar-refractivity contribution in [2.75, 3.05) is 26.7 Å². The van der Waals surface area contributed by atoms with E-state index in [0.717, 1.165) is 35.7 Å². The van der Waals surface area contributed by atoms with Crippen LogP contribution in [0.4, 0.5) is 0 Å². The number of hydrogen-bond donors (Lipinski definition) is 2. The molecule has 1 aliphatic rings. The van der Waals surface area contributed by atoms with Crippen LogP contribution < -0.4 is 10.6 Å². The number of guanidine groups is 1. The maximum Gasteiger partial charge on any atom is 0.191 e. The van der Waals surface area contributed by atoms with Crippen molar-refractivity contribution in [2.45, 2.75) is 53.1 Å². The van der Waals surface area contributed by atoms with E-state index >= 15 is 0 Å². The van der Waals surface area contributed by atoms with E-state index < -0.39 is 0 Å². The number of thiazole rings is 1. The standard InChI is InChI=1S/C17H31N5S.HI/c1-12-6-8-22(9-7-12)13(2)10-19-17(18-5)20-11-16-21-14(3)15(4)23-16;/h12-13H,6-11H2,1-5H3,(H2,18,19,20);1H. The number of rotatable bonds is 5. The highest BCUT2D eigenvalue weighted by molar-refractivity contribution is 14.0. The van der Waals surface area contributed by atoms with E-state index in [-0.39, 0.29) is 24.0 Å². The second-order valence-corrected chi connectivity index (χ2v) is 7.91. The third-order valence-electron chi connectivity index (χ3n) is 4.71. The molecule has 2 rings (SSSR count). The Hall–Kier alpha value is -0.410. The predicted octanol–water partition coefficient (Wildman–Crippen LogP) is 3.16. The van der Waals surface area contributed by atoms with Crippen molar-refractivity contribution < 1.29 is 0 Å². The maximum atomic E-state index is 4.56. The minimum Gasteiger partial charge on any atom is -0.355 e. The summed E-state index contributed by atoms with van der Waals surface area (Å²) in [6.07, 6.45) is 2.64. The Kier molecular flexibility index (Phi) is 9.51. The lowest BCUT2D eigenvalue weighted by Gasteiger charge is -2.35. The van der Waals surface area contributed by atoms with E-state index in [0.29, 0.717) is 6.04 Å². The quantitative estimate of drug-likeness (QED) is 0.399. The second kappa shape index (κ2) is 10.6. The molecular weight excluding hydrogens is 433 g/mol. The van der Waals surface area contributed by atoms with Gasteiger partial charge in [0.15, 0.2) is 5.96 Å². The van der Waals surface area contributed by atoms with Crippen LogP contribution in [-0.4, -0.2) is 48.6 Å². The Labute approximate surface area is 167 Å². The van der Waals surface area contributed by atoms with Crippen LogP contribution in [0, 0.1) is 19.8 Å². The molecule has 0 saturated carbocycles. The topological polar surface area (TPSA) is 52.6 Å². The minimum absolute atomic E-state index is 0. The van der Waals surface area contributed by atoms with E-state index in [2.05, 4.69) is 53.2 Å². The molecule has 1 aliphatic heterocycles. The SMILES string of the molecule is CN=C(NCc1nc(C)c(C)s1)NCC(C)N1CCC(C)CC1.I. The van der Waals surface area contributed by atoms with E-state index in [4.69, 9.17) is 0 Å². The summed E-state index contributed by atoms with van der Waals surface area (Å²) in [7, 11) is 1.82. The fourth-order valence-corrected chi connectivity index (χ4v) is 3.71. The summed E-state index contributed by atoms with van der Waals surface area (Å²) in [5, 5.41) is 7.92. The monoisotopic (exact) mass is 465 g/mol. The molecule has 2 N–H and O–H groups in total. The molecule has 0 aromatic carbocycles. The predicted molar refractivity (Wildman–Crippen MR) is 115 cm³/mol. The number of piperidine rings is 1. The number of aromatic nitrogens is 1. The summed E-state index contributed by atoms with van der Waals surface area (Å²) in [6.45, 7) is 12.9. The third kappa shape index (κ3) is 6.48. The van der Waals surface area contributed by atoms with E-state index in [1.54, 1.807) is 11.3 Å². The van der Waals surface area contributed by atoms with E-state index in [1.807, 2.05) is 7.05 Å². The normalized spacial score (nSPS) is 18.1. The number of halogens is 1. The molecule has 0 radical (unpaired) electrons. The first kappa shape index (κ1) is 21.6. The number of nitrogens with zero attached hydrogens (tertiary/aromatic N) is 3. The highest BCUT2D eigenvalue weighted by atomic mass is 127. The van der Waals surface area contributed by atoms with Crippen LogP contribution in [0.25, 0.3) is 0 Å². The lowest BCUT2D eigenvalue weighted by atomic mass is 9.98. The molecule has 138 valence electrons. The van der Waals surface area contributed by atoms with Gasteiger partial charge in [0.2, 0.25) is 0 Å². The Morgan fingerprint density at radius 2 is 2.00 bits per heavy atom. The molecule has 1 aromatic rings. The van der Waals surface area contributed by atoms with E-state index in [9.17, 15) is 0 Å². The van der Waals surface area contributed by atoms with Crippen molar-refractivity contribution in [1.82, 2.24) is 20.5 Å². The van der Waals surface area contributed by atoms with Crippen molar-refractivity contribution in [1.29, 1.82) is 0 Å². The smallest absolute Gasteiger partial charge is 0.191 e. The lowest BCUT2D eigenvalue weighted by Crippen LogP contribution is -2.47. The summed E-state index contributed by atoms with van der Waals surface area (Å²) in [5.41, 5.74) is 1.13. The Morgan fingerprint density at radius 1 is 1.33 bits per heavy atom. The van der Waals surface area contributed by atoms with Gasteiger partial charge in [-0.25, -0.2) is 4.98 Å². The zero-order valence-corrected chi connectivity index (χ0v) is 18.7. The van der Waals surface area contributed by atoms with Crippen LogP contribution in [-0.2, 0) is 6.54 Å². The molecule has 5 nitrogen and oxygen atoms in total. The number of hydrogen-bond acceptors (Lipinski definition) is 4. The molecule has 0 bridgehead atoms. The second-order valence-electron chi connectivity index (χ2n) is 6.62.